The molecule has 4 aromatic rings. The van der Waals surface area contributed by atoms with Gasteiger partial charge in [0.2, 0.25) is 0 Å². The molecule has 0 saturated heterocycles. The van der Waals surface area contributed by atoms with Crippen LogP contribution < -0.4 is 15.1 Å². The number of nitrogens with one attached hydrogen (secondary N) is 1. The van der Waals surface area contributed by atoms with Gasteiger partial charge in [0.1, 0.15) is 5.75 Å². The average molecular weight is 535 g/mol. The fraction of sp³-hybridized carbons (Fsp3) is 0.185. The molecule has 0 aliphatic carbocycles. The Morgan fingerprint density at radius 3 is 2.41 bits per heavy atom. The van der Waals surface area contributed by atoms with E-state index in [-0.39, 0.29) is 11.7 Å². The van der Waals surface area contributed by atoms with Crippen LogP contribution in [0.15, 0.2) is 83.1 Å². The maximum atomic E-state index is 12.5. The van der Waals surface area contributed by atoms with E-state index in [0.29, 0.717) is 22.6 Å². The van der Waals surface area contributed by atoms with Gasteiger partial charge in [0.25, 0.3) is 5.91 Å². The third-order valence-corrected chi connectivity index (χ3v) is 6.47. The van der Waals surface area contributed by atoms with Crippen molar-refractivity contribution in [3.05, 3.63) is 83.4 Å². The Morgan fingerprint density at radius 2 is 1.76 bits per heavy atom. The quantitative estimate of drug-likeness (QED) is 0.169. The van der Waals surface area contributed by atoms with Gasteiger partial charge in [-0.3, -0.25) is 9.36 Å². The molecule has 0 aliphatic rings. The van der Waals surface area contributed by atoms with E-state index in [1.807, 2.05) is 91.1 Å². The molecule has 37 heavy (non-hydrogen) atoms. The molecule has 0 saturated carbocycles. The zero-order valence-corrected chi connectivity index (χ0v) is 22.3. The molecule has 0 spiro atoms. The molecule has 1 heterocycles. The smallest absolute Gasteiger partial charge is 0.250 e. The van der Waals surface area contributed by atoms with Gasteiger partial charge in [-0.2, -0.15) is 5.10 Å². The summed E-state index contributed by atoms with van der Waals surface area (Å²) in [6.07, 6.45) is 1.61. The molecule has 1 aromatic heterocycles. The number of anilines is 1. The van der Waals surface area contributed by atoms with Crippen LogP contribution in [0.2, 0.25) is 5.02 Å². The molecule has 3 aromatic carbocycles. The van der Waals surface area contributed by atoms with Gasteiger partial charge in [-0.15, -0.1) is 10.2 Å². The first kappa shape index (κ1) is 26.2. The largest absolute Gasteiger partial charge is 0.494 e. The summed E-state index contributed by atoms with van der Waals surface area (Å²) in [5.74, 6) is 1.28. The first-order valence-corrected chi connectivity index (χ1v) is 13.0. The minimum atomic E-state index is -0.250. The number of carbonyl (C=O) groups excluding carboxylic acids is 1. The highest BCUT2D eigenvalue weighted by Crippen LogP contribution is 2.29. The van der Waals surface area contributed by atoms with E-state index in [0.717, 1.165) is 28.3 Å². The molecule has 4 rings (SSSR count). The van der Waals surface area contributed by atoms with E-state index in [1.165, 1.54) is 11.8 Å². The lowest BCUT2D eigenvalue weighted by Gasteiger charge is -2.11. The zero-order chi connectivity index (χ0) is 26.2. The number of amides is 1. The van der Waals surface area contributed by atoms with Crippen molar-refractivity contribution < 1.29 is 9.53 Å². The number of halogens is 1. The molecule has 0 atom stereocenters. The summed E-state index contributed by atoms with van der Waals surface area (Å²) in [5, 5.41) is 14.1. The first-order valence-electron chi connectivity index (χ1n) is 11.6. The summed E-state index contributed by atoms with van der Waals surface area (Å²) in [5.41, 5.74) is 6.26. The van der Waals surface area contributed by atoms with Gasteiger partial charge < -0.3 is 9.64 Å². The maximum absolute atomic E-state index is 12.5. The molecule has 0 radical (unpaired) electrons. The van der Waals surface area contributed by atoms with E-state index in [1.54, 1.807) is 18.3 Å². The van der Waals surface area contributed by atoms with Crippen molar-refractivity contribution in [2.45, 2.75) is 12.1 Å². The van der Waals surface area contributed by atoms with Crippen LogP contribution in [0.1, 0.15) is 12.5 Å². The molecule has 8 nitrogen and oxygen atoms in total. The highest BCUT2D eigenvalue weighted by molar-refractivity contribution is 7.99. The van der Waals surface area contributed by atoms with Crippen LogP contribution in [0.25, 0.3) is 17.1 Å². The molecular formula is C27H27ClN6O2S. The van der Waals surface area contributed by atoms with Crippen LogP contribution in [-0.4, -0.2) is 53.3 Å². The minimum absolute atomic E-state index is 0.118. The van der Waals surface area contributed by atoms with E-state index >= 15 is 0 Å². The van der Waals surface area contributed by atoms with Gasteiger partial charge in [0.05, 0.1) is 18.6 Å². The topological polar surface area (TPSA) is 84.6 Å². The highest BCUT2D eigenvalue weighted by atomic mass is 35.5. The van der Waals surface area contributed by atoms with Crippen molar-refractivity contribution in [1.82, 2.24) is 20.2 Å². The van der Waals surface area contributed by atoms with Crippen molar-refractivity contribution in [1.29, 1.82) is 0 Å². The SMILES string of the molecule is CCOc1ccc(-n2c(SCC(=O)N/N=C/c3ccc(N(C)C)cc3)nnc2-c2ccc(Cl)cc2)cc1. The van der Waals surface area contributed by atoms with Crippen LogP contribution >= 0.6 is 23.4 Å². The van der Waals surface area contributed by atoms with Crippen LogP contribution in [0.5, 0.6) is 5.75 Å². The lowest BCUT2D eigenvalue weighted by Crippen LogP contribution is -2.20. The zero-order valence-electron chi connectivity index (χ0n) is 20.8. The Labute approximate surface area is 225 Å². The van der Waals surface area contributed by atoms with E-state index < -0.39 is 0 Å². The number of hydrazone groups is 1. The first-order chi connectivity index (χ1) is 17.9. The van der Waals surface area contributed by atoms with Crippen LogP contribution in [0, 0.1) is 0 Å². The predicted molar refractivity (Wildman–Crippen MR) is 150 cm³/mol. The van der Waals surface area contributed by atoms with Crippen molar-refractivity contribution in [3.63, 3.8) is 0 Å². The molecule has 1 amide bonds. The van der Waals surface area contributed by atoms with Gasteiger partial charge in [0.15, 0.2) is 11.0 Å². The Hall–Kier alpha value is -3.82. The van der Waals surface area contributed by atoms with Crippen molar-refractivity contribution in [3.8, 4) is 22.8 Å². The monoisotopic (exact) mass is 534 g/mol. The molecule has 0 unspecified atom stereocenters. The van der Waals surface area contributed by atoms with E-state index in [9.17, 15) is 4.79 Å². The van der Waals surface area contributed by atoms with Crippen molar-refractivity contribution >= 4 is 41.2 Å². The molecular weight excluding hydrogens is 508 g/mol. The lowest BCUT2D eigenvalue weighted by atomic mass is 10.2. The van der Waals surface area contributed by atoms with Gasteiger partial charge in [-0.1, -0.05) is 35.5 Å². The summed E-state index contributed by atoms with van der Waals surface area (Å²) in [6, 6.07) is 22.9. The number of thioether (sulfide) groups is 1. The predicted octanol–water partition coefficient (Wildman–Crippen LogP) is 5.29. The molecule has 190 valence electrons. The average Bonchev–Trinajstić information content (AvgIpc) is 3.33. The fourth-order valence-corrected chi connectivity index (χ4v) is 4.31. The van der Waals surface area contributed by atoms with Crippen molar-refractivity contribution in [2.75, 3.05) is 31.4 Å². The second kappa shape index (κ2) is 12.4. The number of carbonyl (C=O) groups is 1. The number of hydrogen-bond acceptors (Lipinski definition) is 7. The Balaban J connectivity index is 1.48. The van der Waals surface area contributed by atoms with Crippen LogP contribution in [0.4, 0.5) is 5.69 Å². The van der Waals surface area contributed by atoms with E-state index in [4.69, 9.17) is 16.3 Å². The summed E-state index contributed by atoms with van der Waals surface area (Å²) in [6.45, 7) is 2.53. The number of aromatic nitrogens is 3. The van der Waals surface area contributed by atoms with Gasteiger partial charge >= 0.3 is 0 Å². The number of rotatable bonds is 10. The molecule has 0 bridgehead atoms. The Morgan fingerprint density at radius 1 is 1.05 bits per heavy atom. The third kappa shape index (κ3) is 6.90. The summed E-state index contributed by atoms with van der Waals surface area (Å²) >= 11 is 7.35. The number of hydrogen-bond donors (Lipinski definition) is 1. The van der Waals surface area contributed by atoms with Gasteiger partial charge in [0, 0.05) is 36.1 Å². The maximum Gasteiger partial charge on any atom is 0.250 e. The van der Waals surface area contributed by atoms with E-state index in [2.05, 4.69) is 20.7 Å². The van der Waals surface area contributed by atoms with Crippen LogP contribution in [-0.2, 0) is 4.79 Å². The standard InChI is InChI=1S/C27H27ClN6O2S/c1-4-36-24-15-13-23(14-16-24)34-26(20-7-9-21(28)10-8-20)31-32-27(34)37-18-25(35)30-29-17-19-5-11-22(12-6-19)33(2)3/h5-17H,4,18H2,1-3H3,(H,30,35)/b29-17+. The molecule has 0 aliphatic heterocycles. The van der Waals surface area contributed by atoms with Gasteiger partial charge in [-0.25, -0.2) is 5.43 Å². The number of nitrogens with zero attached hydrogens (tertiary/aromatic N) is 5. The Bertz CT molecular complexity index is 1350. The molecule has 0 fully saturated rings. The normalized spacial score (nSPS) is 11.0. The summed E-state index contributed by atoms with van der Waals surface area (Å²) in [4.78, 5) is 14.5. The lowest BCUT2D eigenvalue weighted by molar-refractivity contribution is -0.118. The summed E-state index contributed by atoms with van der Waals surface area (Å²) < 4.78 is 7.48. The van der Waals surface area contributed by atoms with Crippen molar-refractivity contribution in [2.24, 2.45) is 5.10 Å². The second-order valence-corrected chi connectivity index (χ2v) is 9.52. The molecule has 10 heteroatoms. The number of benzene rings is 3. The second-order valence-electron chi connectivity index (χ2n) is 8.14. The number of ether oxygens (including phenoxy) is 1. The highest BCUT2D eigenvalue weighted by Gasteiger charge is 2.17. The minimum Gasteiger partial charge on any atom is -0.494 e. The fourth-order valence-electron chi connectivity index (χ4n) is 3.44. The van der Waals surface area contributed by atoms with Gasteiger partial charge in [-0.05, 0) is 73.2 Å². The molecule has 1 N–H and O–H groups in total. The Kier molecular flexibility index (Phi) is 8.81. The van der Waals surface area contributed by atoms with Crippen LogP contribution in [0.3, 0.4) is 0 Å². The third-order valence-electron chi connectivity index (χ3n) is 5.29. The summed E-state index contributed by atoms with van der Waals surface area (Å²) in [7, 11) is 3.96.